The van der Waals surface area contributed by atoms with Crippen molar-refractivity contribution in [2.45, 2.75) is 0 Å². The third-order valence-electron chi connectivity index (χ3n) is 6.57. The van der Waals surface area contributed by atoms with E-state index in [4.69, 9.17) is 14.5 Å². The van der Waals surface area contributed by atoms with Gasteiger partial charge in [-0.1, -0.05) is 41.7 Å². The van der Waals surface area contributed by atoms with Gasteiger partial charge in [-0.3, -0.25) is 14.9 Å². The van der Waals surface area contributed by atoms with Gasteiger partial charge in [-0.15, -0.1) is 0 Å². The minimum atomic E-state index is -0.365. The van der Waals surface area contributed by atoms with Crippen LogP contribution in [0.3, 0.4) is 0 Å². The molecule has 2 aromatic carbocycles. The normalized spacial score (nSPS) is 13.3. The summed E-state index contributed by atoms with van der Waals surface area (Å²) in [6.45, 7) is 2.33. The van der Waals surface area contributed by atoms with Crippen molar-refractivity contribution in [1.29, 1.82) is 0 Å². The largest absolute Gasteiger partial charge is 0.496 e. The minimum absolute atomic E-state index is 0.000588. The second-order valence-electron chi connectivity index (χ2n) is 8.99. The van der Waals surface area contributed by atoms with Gasteiger partial charge in [0.1, 0.15) is 16.1 Å². The molecule has 4 heterocycles. The topological polar surface area (TPSA) is 119 Å². The van der Waals surface area contributed by atoms with Crippen LogP contribution in [0.2, 0.25) is 0 Å². The second kappa shape index (κ2) is 11.2. The van der Waals surface area contributed by atoms with Gasteiger partial charge < -0.3 is 14.4 Å². The van der Waals surface area contributed by atoms with E-state index in [9.17, 15) is 9.59 Å². The van der Waals surface area contributed by atoms with Gasteiger partial charge >= 0.3 is 0 Å². The average molecular weight is 553 g/mol. The number of aromatic nitrogens is 4. The Bertz CT molecular complexity index is 1700. The van der Waals surface area contributed by atoms with E-state index in [1.54, 1.807) is 18.2 Å². The number of hydrogen-bond donors (Lipinski definition) is 1. The highest BCUT2D eigenvalue weighted by molar-refractivity contribution is 7.22. The van der Waals surface area contributed by atoms with Crippen LogP contribution in [-0.4, -0.2) is 70.3 Å². The Morgan fingerprint density at radius 3 is 2.50 bits per heavy atom. The lowest BCUT2D eigenvalue weighted by molar-refractivity contribution is 0.0303. The molecule has 0 atom stereocenters. The Labute approximate surface area is 233 Å². The highest BCUT2D eigenvalue weighted by atomic mass is 32.1. The van der Waals surface area contributed by atoms with Crippen LogP contribution >= 0.6 is 11.3 Å². The van der Waals surface area contributed by atoms with E-state index in [0.717, 1.165) is 16.8 Å². The lowest BCUT2D eigenvalue weighted by Gasteiger charge is -2.26. The number of morpholine rings is 1. The number of nitrogens with zero attached hydrogens (tertiary/aromatic N) is 5. The van der Waals surface area contributed by atoms with Gasteiger partial charge in [-0.25, -0.2) is 9.97 Å². The Morgan fingerprint density at radius 1 is 0.925 bits per heavy atom. The molecule has 1 aliphatic heterocycles. The standard InChI is InChI=1S/C29H24N6O4S/c1-38-25-5-3-2-4-20(25)21-16-30-31-17-22(21)26(36)34-29-33-24-11-10-23(32-27(24)40-29)18-6-8-19(9-7-18)28(37)35-12-14-39-15-13-35/h2-11,16-17H,12-15H2,1H3,(H,33,34,36). The monoisotopic (exact) mass is 552 g/mol. The molecule has 40 heavy (non-hydrogen) atoms. The number of amides is 2. The van der Waals surface area contributed by atoms with Crippen LogP contribution in [0.1, 0.15) is 20.7 Å². The Kier molecular flexibility index (Phi) is 7.13. The highest BCUT2D eigenvalue weighted by Crippen LogP contribution is 2.33. The molecule has 1 fully saturated rings. The zero-order valence-corrected chi connectivity index (χ0v) is 22.4. The number of methoxy groups -OCH3 is 1. The van der Waals surface area contributed by atoms with Crippen LogP contribution in [-0.2, 0) is 4.74 Å². The Morgan fingerprint density at radius 2 is 1.70 bits per heavy atom. The summed E-state index contributed by atoms with van der Waals surface area (Å²) >= 11 is 1.28. The van der Waals surface area contributed by atoms with Crippen LogP contribution in [0.25, 0.3) is 32.7 Å². The lowest BCUT2D eigenvalue weighted by atomic mass is 10.0. The summed E-state index contributed by atoms with van der Waals surface area (Å²) in [7, 11) is 1.58. The first-order chi connectivity index (χ1) is 19.6. The average Bonchev–Trinajstić information content (AvgIpc) is 3.42. The smallest absolute Gasteiger partial charge is 0.259 e. The number of benzene rings is 2. The van der Waals surface area contributed by atoms with Crippen molar-refractivity contribution in [2.24, 2.45) is 0 Å². The van der Waals surface area contributed by atoms with Crippen LogP contribution in [0.15, 0.2) is 73.1 Å². The first-order valence-corrected chi connectivity index (χ1v) is 13.4. The maximum absolute atomic E-state index is 13.3. The van der Waals surface area contributed by atoms with Crippen molar-refractivity contribution >= 4 is 38.6 Å². The number of ether oxygens (including phenoxy) is 2. The molecule has 1 N–H and O–H groups in total. The fourth-order valence-corrected chi connectivity index (χ4v) is 5.35. The second-order valence-corrected chi connectivity index (χ2v) is 9.97. The molecular formula is C29H24N6O4S. The van der Waals surface area contributed by atoms with E-state index in [-0.39, 0.29) is 11.8 Å². The summed E-state index contributed by atoms with van der Waals surface area (Å²) < 4.78 is 10.8. The summed E-state index contributed by atoms with van der Waals surface area (Å²) in [4.78, 5) is 37.8. The number of thiazole rings is 1. The zero-order chi connectivity index (χ0) is 27.5. The Balaban J connectivity index is 1.21. The van der Waals surface area contributed by atoms with E-state index in [1.807, 2.05) is 60.7 Å². The van der Waals surface area contributed by atoms with Gasteiger partial charge in [-0.05, 0) is 30.3 Å². The maximum Gasteiger partial charge on any atom is 0.259 e. The molecule has 0 saturated carbocycles. The first-order valence-electron chi connectivity index (χ1n) is 12.6. The van der Waals surface area contributed by atoms with Gasteiger partial charge in [0.2, 0.25) is 0 Å². The third-order valence-corrected chi connectivity index (χ3v) is 7.45. The van der Waals surface area contributed by atoms with Crippen molar-refractivity contribution in [3.8, 4) is 28.1 Å². The molecule has 0 spiro atoms. The minimum Gasteiger partial charge on any atom is -0.496 e. The summed E-state index contributed by atoms with van der Waals surface area (Å²) in [5.74, 6) is 0.259. The first kappa shape index (κ1) is 25.5. The molecule has 1 aliphatic rings. The van der Waals surface area contributed by atoms with Gasteiger partial charge in [0.05, 0.1) is 44.0 Å². The van der Waals surface area contributed by atoms with Crippen molar-refractivity contribution in [3.63, 3.8) is 0 Å². The predicted molar refractivity (Wildman–Crippen MR) is 152 cm³/mol. The molecule has 5 aromatic rings. The molecule has 0 aliphatic carbocycles. The van der Waals surface area contributed by atoms with Crippen LogP contribution < -0.4 is 10.1 Å². The van der Waals surface area contributed by atoms with Crippen LogP contribution in [0, 0.1) is 0 Å². The Hall–Kier alpha value is -4.74. The number of carbonyl (C=O) groups is 2. The van der Waals surface area contributed by atoms with Gasteiger partial charge in [0, 0.05) is 35.3 Å². The summed E-state index contributed by atoms with van der Waals surface area (Å²) in [6, 6.07) is 18.6. The fraction of sp³-hybridized carbons (Fsp3) is 0.172. The molecule has 6 rings (SSSR count). The van der Waals surface area contributed by atoms with Crippen molar-refractivity contribution in [2.75, 3.05) is 38.7 Å². The van der Waals surface area contributed by atoms with E-state index in [1.165, 1.54) is 17.5 Å². The van der Waals surface area contributed by atoms with E-state index >= 15 is 0 Å². The van der Waals surface area contributed by atoms with E-state index in [2.05, 4.69) is 20.5 Å². The third kappa shape index (κ3) is 5.12. The fourth-order valence-electron chi connectivity index (χ4n) is 4.51. The molecule has 0 unspecified atom stereocenters. The van der Waals surface area contributed by atoms with Gasteiger partial charge in [0.15, 0.2) is 5.13 Å². The number of para-hydroxylation sites is 1. The van der Waals surface area contributed by atoms with Gasteiger partial charge in [-0.2, -0.15) is 10.2 Å². The number of carbonyl (C=O) groups excluding carboxylic acids is 2. The number of pyridine rings is 1. The van der Waals surface area contributed by atoms with Crippen molar-refractivity contribution in [1.82, 2.24) is 25.1 Å². The highest BCUT2D eigenvalue weighted by Gasteiger charge is 2.20. The summed E-state index contributed by atoms with van der Waals surface area (Å²) in [5.41, 5.74) is 4.60. The van der Waals surface area contributed by atoms with Crippen molar-refractivity contribution in [3.05, 3.63) is 84.2 Å². The predicted octanol–water partition coefficient (Wildman–Crippen LogP) is 4.55. The van der Waals surface area contributed by atoms with Gasteiger partial charge in [0.25, 0.3) is 11.8 Å². The molecule has 0 bridgehead atoms. The molecule has 11 heteroatoms. The molecule has 200 valence electrons. The number of rotatable bonds is 6. The molecule has 3 aromatic heterocycles. The quantitative estimate of drug-likeness (QED) is 0.326. The number of anilines is 1. The summed E-state index contributed by atoms with van der Waals surface area (Å²) in [5, 5.41) is 11.2. The number of hydrogen-bond acceptors (Lipinski definition) is 9. The lowest BCUT2D eigenvalue weighted by Crippen LogP contribution is -2.40. The molecule has 10 nitrogen and oxygen atoms in total. The summed E-state index contributed by atoms with van der Waals surface area (Å²) in [6.07, 6.45) is 2.97. The van der Waals surface area contributed by atoms with Crippen molar-refractivity contribution < 1.29 is 19.1 Å². The molecule has 0 radical (unpaired) electrons. The zero-order valence-electron chi connectivity index (χ0n) is 21.5. The molecule has 2 amide bonds. The SMILES string of the molecule is COc1ccccc1-c1cnncc1C(=O)Nc1nc2ccc(-c3ccc(C(=O)N4CCOCC4)cc3)nc2s1. The van der Waals surface area contributed by atoms with Crippen LogP contribution in [0.4, 0.5) is 5.13 Å². The number of nitrogens with one attached hydrogen (secondary N) is 1. The van der Waals surface area contributed by atoms with Crippen LogP contribution in [0.5, 0.6) is 5.75 Å². The van der Waals surface area contributed by atoms with E-state index < -0.39 is 0 Å². The molecular weight excluding hydrogens is 528 g/mol. The molecule has 1 saturated heterocycles. The number of fused-ring (bicyclic) bond motifs is 1. The maximum atomic E-state index is 13.3. The van der Waals surface area contributed by atoms with E-state index in [0.29, 0.717) is 64.2 Å².